The molecule has 3 rings (SSSR count). The van der Waals surface area contributed by atoms with Crippen LogP contribution in [0.2, 0.25) is 0 Å². The van der Waals surface area contributed by atoms with Crippen molar-refractivity contribution in [2.75, 3.05) is 0 Å². The number of imidazole rings is 1. The number of fused-ring (bicyclic) bond motifs is 1. The van der Waals surface area contributed by atoms with Crippen LogP contribution in [0.15, 0.2) is 39.4 Å². The average molecular weight is 334 g/mol. The van der Waals surface area contributed by atoms with E-state index in [0.29, 0.717) is 11.2 Å². The molecule has 0 fully saturated rings. The van der Waals surface area contributed by atoms with E-state index >= 15 is 0 Å². The lowest BCUT2D eigenvalue weighted by molar-refractivity contribution is 0.0922. The molecule has 0 aliphatic carbocycles. The first kappa shape index (κ1) is 12.9. The van der Waals surface area contributed by atoms with Crippen molar-refractivity contribution in [1.29, 1.82) is 0 Å². The average Bonchev–Trinajstić information content (AvgIpc) is 3.00. The van der Waals surface area contributed by atoms with Crippen LogP contribution in [0, 0.1) is 6.92 Å². The van der Waals surface area contributed by atoms with Gasteiger partial charge in [0.05, 0.1) is 11.0 Å². The maximum absolute atomic E-state index is 11.9. The fourth-order valence-electron chi connectivity index (χ4n) is 2.00. The first-order chi connectivity index (χ1) is 9.61. The number of furan rings is 1. The van der Waals surface area contributed by atoms with Crippen LogP contribution in [0.3, 0.4) is 0 Å². The number of halogens is 1. The molecule has 0 atom stereocenters. The summed E-state index contributed by atoms with van der Waals surface area (Å²) >= 11 is 3.17. The summed E-state index contributed by atoms with van der Waals surface area (Å²) in [6.45, 7) is 2.35. The highest BCUT2D eigenvalue weighted by molar-refractivity contribution is 9.10. The van der Waals surface area contributed by atoms with E-state index in [-0.39, 0.29) is 11.7 Å². The second-order valence-corrected chi connectivity index (χ2v) is 5.24. The number of hydrogen-bond acceptors (Lipinski definition) is 3. The van der Waals surface area contributed by atoms with Gasteiger partial charge in [0.15, 0.2) is 10.4 Å². The minimum Gasteiger partial charge on any atom is -0.444 e. The van der Waals surface area contributed by atoms with Crippen LogP contribution in [0.5, 0.6) is 0 Å². The Morgan fingerprint density at radius 2 is 2.25 bits per heavy atom. The highest BCUT2D eigenvalue weighted by Crippen LogP contribution is 2.15. The van der Waals surface area contributed by atoms with E-state index in [1.165, 1.54) is 0 Å². The molecule has 6 heteroatoms. The number of carbonyl (C=O) groups excluding carboxylic acids is 1. The van der Waals surface area contributed by atoms with Crippen LogP contribution in [-0.2, 0) is 6.54 Å². The third-order valence-corrected chi connectivity index (χ3v) is 3.34. The zero-order valence-electron chi connectivity index (χ0n) is 10.7. The maximum Gasteiger partial charge on any atom is 0.287 e. The maximum atomic E-state index is 11.9. The van der Waals surface area contributed by atoms with Crippen molar-refractivity contribution in [2.45, 2.75) is 13.5 Å². The monoisotopic (exact) mass is 333 g/mol. The summed E-state index contributed by atoms with van der Waals surface area (Å²) in [7, 11) is 0. The number of aromatic amines is 1. The Hall–Kier alpha value is -2.08. The highest BCUT2D eigenvalue weighted by atomic mass is 79.9. The van der Waals surface area contributed by atoms with E-state index < -0.39 is 0 Å². The van der Waals surface area contributed by atoms with E-state index in [0.717, 1.165) is 22.4 Å². The molecule has 0 saturated heterocycles. The van der Waals surface area contributed by atoms with Crippen molar-refractivity contribution in [3.63, 3.8) is 0 Å². The molecule has 102 valence electrons. The quantitative estimate of drug-likeness (QED) is 0.773. The van der Waals surface area contributed by atoms with Crippen LogP contribution in [-0.4, -0.2) is 15.9 Å². The minimum atomic E-state index is -0.239. The zero-order chi connectivity index (χ0) is 14.1. The lowest BCUT2D eigenvalue weighted by atomic mass is 10.2. The van der Waals surface area contributed by atoms with Crippen molar-refractivity contribution >= 4 is 32.9 Å². The van der Waals surface area contributed by atoms with Gasteiger partial charge in [-0.05, 0) is 52.7 Å². The second-order valence-electron chi connectivity index (χ2n) is 4.46. The Balaban J connectivity index is 1.71. The fraction of sp³-hybridized carbons (Fsp3) is 0.143. The first-order valence-electron chi connectivity index (χ1n) is 6.10. The standard InChI is InChI=1S/C14H12BrN3O2/c1-8-17-10-3-2-9(6-11(10)18-8)7-16-14(19)12-4-5-13(15)20-12/h2-6H,7H2,1H3,(H,16,19)(H,17,18). The first-order valence-corrected chi connectivity index (χ1v) is 6.90. The Labute approximate surface area is 123 Å². The third kappa shape index (κ3) is 2.60. The van der Waals surface area contributed by atoms with E-state index in [9.17, 15) is 4.79 Å². The fourth-order valence-corrected chi connectivity index (χ4v) is 2.31. The second kappa shape index (κ2) is 5.13. The molecule has 2 N–H and O–H groups in total. The van der Waals surface area contributed by atoms with Gasteiger partial charge in [-0.1, -0.05) is 6.07 Å². The molecule has 0 unspecified atom stereocenters. The number of rotatable bonds is 3. The molecule has 0 spiro atoms. The summed E-state index contributed by atoms with van der Waals surface area (Å²) < 4.78 is 5.73. The zero-order valence-corrected chi connectivity index (χ0v) is 12.3. The van der Waals surface area contributed by atoms with Crippen molar-refractivity contribution in [2.24, 2.45) is 0 Å². The van der Waals surface area contributed by atoms with Gasteiger partial charge in [0.1, 0.15) is 5.82 Å². The normalized spacial score (nSPS) is 10.9. The van der Waals surface area contributed by atoms with Crippen molar-refractivity contribution < 1.29 is 9.21 Å². The summed E-state index contributed by atoms with van der Waals surface area (Å²) in [4.78, 5) is 19.4. The summed E-state index contributed by atoms with van der Waals surface area (Å²) in [6.07, 6.45) is 0. The molecule has 2 heterocycles. The van der Waals surface area contributed by atoms with Crippen LogP contribution in [0.1, 0.15) is 21.9 Å². The number of nitrogens with zero attached hydrogens (tertiary/aromatic N) is 1. The summed E-state index contributed by atoms with van der Waals surface area (Å²) in [6, 6.07) is 9.17. The number of benzene rings is 1. The van der Waals surface area contributed by atoms with Gasteiger partial charge in [0.25, 0.3) is 5.91 Å². The van der Waals surface area contributed by atoms with E-state index in [4.69, 9.17) is 4.42 Å². The molecule has 5 nitrogen and oxygen atoms in total. The van der Waals surface area contributed by atoms with Crippen molar-refractivity contribution in [1.82, 2.24) is 15.3 Å². The topological polar surface area (TPSA) is 70.9 Å². The van der Waals surface area contributed by atoms with Crippen LogP contribution in [0.25, 0.3) is 11.0 Å². The smallest absolute Gasteiger partial charge is 0.287 e. The molecule has 0 bridgehead atoms. The van der Waals surface area contributed by atoms with Crippen LogP contribution in [0.4, 0.5) is 0 Å². The van der Waals surface area contributed by atoms with Gasteiger partial charge in [0, 0.05) is 6.54 Å². The number of nitrogens with one attached hydrogen (secondary N) is 2. The van der Waals surface area contributed by atoms with Gasteiger partial charge in [-0.25, -0.2) is 4.98 Å². The third-order valence-electron chi connectivity index (χ3n) is 2.91. The Bertz CT molecular complexity index is 776. The molecular weight excluding hydrogens is 322 g/mol. The van der Waals surface area contributed by atoms with Crippen molar-refractivity contribution in [3.05, 3.63) is 52.1 Å². The molecule has 2 aromatic heterocycles. The molecule has 0 saturated carbocycles. The van der Waals surface area contributed by atoms with Crippen molar-refractivity contribution in [3.8, 4) is 0 Å². The van der Waals surface area contributed by atoms with Gasteiger partial charge in [0.2, 0.25) is 0 Å². The van der Waals surface area contributed by atoms with Gasteiger partial charge in [-0.3, -0.25) is 4.79 Å². The van der Waals surface area contributed by atoms with Gasteiger partial charge in [-0.15, -0.1) is 0 Å². The predicted molar refractivity (Wildman–Crippen MR) is 78.4 cm³/mol. The highest BCUT2D eigenvalue weighted by Gasteiger charge is 2.10. The Kier molecular flexibility index (Phi) is 3.31. The lowest BCUT2D eigenvalue weighted by Gasteiger charge is -2.03. The Morgan fingerprint density at radius 1 is 1.40 bits per heavy atom. The molecule has 0 aliphatic heterocycles. The molecule has 0 aliphatic rings. The number of hydrogen-bond donors (Lipinski definition) is 2. The molecule has 3 aromatic rings. The largest absolute Gasteiger partial charge is 0.444 e. The summed E-state index contributed by atoms with van der Waals surface area (Å²) in [5.74, 6) is 0.925. The number of amides is 1. The number of H-pyrrole nitrogens is 1. The van der Waals surface area contributed by atoms with E-state index in [1.54, 1.807) is 12.1 Å². The molecule has 20 heavy (non-hydrogen) atoms. The molecule has 1 amide bonds. The number of aromatic nitrogens is 2. The lowest BCUT2D eigenvalue weighted by Crippen LogP contribution is -2.22. The van der Waals surface area contributed by atoms with E-state index in [2.05, 4.69) is 31.2 Å². The van der Waals surface area contributed by atoms with E-state index in [1.807, 2.05) is 25.1 Å². The van der Waals surface area contributed by atoms with Gasteiger partial charge in [-0.2, -0.15) is 0 Å². The SMILES string of the molecule is Cc1nc2ccc(CNC(=O)c3ccc(Br)o3)cc2[nH]1. The number of aryl methyl sites for hydroxylation is 1. The minimum absolute atomic E-state index is 0.239. The summed E-state index contributed by atoms with van der Waals surface area (Å²) in [5, 5.41) is 2.81. The number of carbonyl (C=O) groups is 1. The molecular formula is C14H12BrN3O2. The van der Waals surface area contributed by atoms with Gasteiger partial charge < -0.3 is 14.7 Å². The molecule has 0 radical (unpaired) electrons. The van der Waals surface area contributed by atoms with Gasteiger partial charge >= 0.3 is 0 Å². The van der Waals surface area contributed by atoms with Crippen LogP contribution < -0.4 is 5.32 Å². The molecule has 1 aromatic carbocycles. The summed E-state index contributed by atoms with van der Waals surface area (Å²) in [5.41, 5.74) is 2.89. The predicted octanol–water partition coefficient (Wildman–Crippen LogP) is 3.16. The Morgan fingerprint density at radius 3 is 3.00 bits per heavy atom. The van der Waals surface area contributed by atoms with Crippen LogP contribution >= 0.6 is 15.9 Å².